The average molecular weight is 198 g/mol. The van der Waals surface area contributed by atoms with E-state index in [0.717, 1.165) is 22.4 Å². The van der Waals surface area contributed by atoms with Crippen molar-refractivity contribution in [2.75, 3.05) is 0 Å². The van der Waals surface area contributed by atoms with Crippen LogP contribution in [0.5, 0.6) is 0 Å². The van der Waals surface area contributed by atoms with E-state index >= 15 is 0 Å². The Kier molecular flexibility index (Phi) is 2.42. The largest absolute Gasteiger partial charge is 0.387 e. The lowest BCUT2D eigenvalue weighted by molar-refractivity contribution is 1.25. The summed E-state index contributed by atoms with van der Waals surface area (Å²) in [6.45, 7) is 5.94. The molecule has 0 aliphatic carbocycles. The smallest absolute Gasteiger partial charge is 0.104 e. The number of nitrogens with two attached hydrogens (primary N) is 1. The Balaban J connectivity index is 2.58. The normalized spacial score (nSPS) is 14.7. The van der Waals surface area contributed by atoms with E-state index in [1.807, 2.05) is 31.2 Å². The fourth-order valence-electron chi connectivity index (χ4n) is 1.61. The van der Waals surface area contributed by atoms with Crippen molar-refractivity contribution in [2.24, 2.45) is 10.7 Å². The van der Waals surface area contributed by atoms with Crippen LogP contribution in [0.25, 0.3) is 6.08 Å². The van der Waals surface area contributed by atoms with Crippen molar-refractivity contribution in [3.05, 3.63) is 47.6 Å². The summed E-state index contributed by atoms with van der Waals surface area (Å²) in [6.07, 6.45) is 2.80. The molecule has 0 radical (unpaired) electrons. The second-order valence-corrected chi connectivity index (χ2v) is 3.79. The maximum absolute atomic E-state index is 5.85. The van der Waals surface area contributed by atoms with E-state index in [1.165, 1.54) is 0 Å². The van der Waals surface area contributed by atoms with Gasteiger partial charge in [0.2, 0.25) is 0 Å². The fraction of sp³-hybridized carbons (Fsp3) is 0.154. The van der Waals surface area contributed by atoms with Crippen molar-refractivity contribution in [2.45, 2.75) is 13.3 Å². The van der Waals surface area contributed by atoms with E-state index in [2.05, 4.69) is 17.6 Å². The maximum atomic E-state index is 5.85. The van der Waals surface area contributed by atoms with E-state index < -0.39 is 0 Å². The molecule has 15 heavy (non-hydrogen) atoms. The lowest BCUT2D eigenvalue weighted by Gasteiger charge is -2.03. The van der Waals surface area contributed by atoms with Gasteiger partial charge in [0, 0.05) is 12.0 Å². The Hall–Kier alpha value is -1.83. The summed E-state index contributed by atoms with van der Waals surface area (Å²) in [5, 5.41) is 0. The Bertz CT molecular complexity index is 467. The number of rotatable bonds is 1. The summed E-state index contributed by atoms with van der Waals surface area (Å²) in [7, 11) is 0. The average Bonchev–Trinajstić information content (AvgIpc) is 2.35. The number of amidine groups is 1. The molecule has 0 atom stereocenters. The molecule has 0 aromatic heterocycles. The van der Waals surface area contributed by atoms with Crippen molar-refractivity contribution < 1.29 is 0 Å². The Morgan fingerprint density at radius 1 is 1.40 bits per heavy atom. The molecule has 2 N–H and O–H groups in total. The van der Waals surface area contributed by atoms with E-state index in [0.29, 0.717) is 12.3 Å². The van der Waals surface area contributed by atoms with Crippen LogP contribution < -0.4 is 5.73 Å². The first kappa shape index (κ1) is 9.71. The van der Waals surface area contributed by atoms with Crippen LogP contribution in [0.3, 0.4) is 0 Å². The third kappa shape index (κ3) is 1.99. The van der Waals surface area contributed by atoms with Crippen LogP contribution in [0, 0.1) is 0 Å². The molecule has 1 aromatic carbocycles. The lowest BCUT2D eigenvalue weighted by Crippen LogP contribution is -2.11. The van der Waals surface area contributed by atoms with Gasteiger partial charge in [0.25, 0.3) is 0 Å². The molecule has 0 spiro atoms. The maximum Gasteiger partial charge on any atom is 0.104 e. The molecule has 0 unspecified atom stereocenters. The zero-order valence-corrected chi connectivity index (χ0v) is 8.83. The molecule has 2 heteroatoms. The Morgan fingerprint density at radius 3 is 2.87 bits per heavy atom. The van der Waals surface area contributed by atoms with Gasteiger partial charge >= 0.3 is 0 Å². The highest BCUT2D eigenvalue weighted by Gasteiger charge is 2.09. The molecular formula is C13H14N2. The summed E-state index contributed by atoms with van der Waals surface area (Å²) in [6, 6.07) is 7.98. The van der Waals surface area contributed by atoms with Gasteiger partial charge in [-0.05, 0) is 24.6 Å². The molecular weight excluding hydrogens is 184 g/mol. The molecule has 0 bridgehead atoms. The van der Waals surface area contributed by atoms with Crippen molar-refractivity contribution in [1.82, 2.24) is 0 Å². The number of allylic oxidation sites excluding steroid dienone is 1. The molecule has 1 heterocycles. The minimum absolute atomic E-state index is 0.647. The lowest BCUT2D eigenvalue weighted by atomic mass is 10.0. The van der Waals surface area contributed by atoms with Crippen molar-refractivity contribution in [3.63, 3.8) is 0 Å². The highest BCUT2D eigenvalue weighted by molar-refractivity contribution is 5.90. The van der Waals surface area contributed by atoms with Gasteiger partial charge in [-0.15, -0.1) is 0 Å². The van der Waals surface area contributed by atoms with Crippen LogP contribution in [-0.2, 0) is 0 Å². The highest BCUT2D eigenvalue weighted by atomic mass is 14.9. The molecule has 0 amide bonds. The number of hydrogen-bond donors (Lipinski definition) is 1. The van der Waals surface area contributed by atoms with E-state index in [4.69, 9.17) is 5.73 Å². The molecule has 0 fully saturated rings. The first-order valence-electron chi connectivity index (χ1n) is 4.95. The van der Waals surface area contributed by atoms with E-state index in [-0.39, 0.29) is 0 Å². The van der Waals surface area contributed by atoms with Gasteiger partial charge in [-0.3, -0.25) is 0 Å². The molecule has 2 rings (SSSR count). The third-order valence-corrected chi connectivity index (χ3v) is 2.45. The second kappa shape index (κ2) is 3.73. The van der Waals surface area contributed by atoms with Crippen LogP contribution in [0.4, 0.5) is 5.69 Å². The fourth-order valence-corrected chi connectivity index (χ4v) is 1.61. The number of nitrogens with zero attached hydrogens (tertiary/aromatic N) is 1. The predicted molar refractivity (Wildman–Crippen MR) is 65.1 cm³/mol. The summed E-state index contributed by atoms with van der Waals surface area (Å²) >= 11 is 0. The summed E-state index contributed by atoms with van der Waals surface area (Å²) in [4.78, 5) is 4.37. The van der Waals surface area contributed by atoms with Gasteiger partial charge in [0.15, 0.2) is 0 Å². The minimum atomic E-state index is 0.647. The van der Waals surface area contributed by atoms with E-state index in [1.54, 1.807) is 0 Å². The molecule has 2 nitrogen and oxygen atoms in total. The van der Waals surface area contributed by atoms with Gasteiger partial charge in [-0.1, -0.05) is 30.4 Å². The van der Waals surface area contributed by atoms with Crippen LogP contribution in [0.15, 0.2) is 47.0 Å². The summed E-state index contributed by atoms with van der Waals surface area (Å²) in [5.74, 6) is 0.647. The number of aliphatic imine (C=N–C) groups is 1. The Morgan fingerprint density at radius 2 is 2.13 bits per heavy atom. The summed E-state index contributed by atoms with van der Waals surface area (Å²) in [5.41, 5.74) is 10.1. The number of fused-ring (bicyclic) bond motifs is 1. The van der Waals surface area contributed by atoms with E-state index in [9.17, 15) is 0 Å². The number of hydrogen-bond acceptors (Lipinski definition) is 2. The van der Waals surface area contributed by atoms with Crippen molar-refractivity contribution in [1.29, 1.82) is 0 Å². The second-order valence-electron chi connectivity index (χ2n) is 3.79. The van der Waals surface area contributed by atoms with Gasteiger partial charge in [-0.2, -0.15) is 0 Å². The van der Waals surface area contributed by atoms with Crippen LogP contribution in [0.1, 0.15) is 18.9 Å². The van der Waals surface area contributed by atoms with Gasteiger partial charge < -0.3 is 5.73 Å². The zero-order valence-electron chi connectivity index (χ0n) is 8.83. The SMILES string of the molecule is C=C(C)C1=Cc2ccccc2N=C(N)C1. The molecule has 1 aliphatic heterocycles. The third-order valence-electron chi connectivity index (χ3n) is 2.45. The van der Waals surface area contributed by atoms with Crippen molar-refractivity contribution >= 4 is 17.6 Å². The van der Waals surface area contributed by atoms with Gasteiger partial charge in [-0.25, -0.2) is 4.99 Å². The molecule has 1 aliphatic rings. The molecule has 0 saturated heterocycles. The van der Waals surface area contributed by atoms with Crippen LogP contribution >= 0.6 is 0 Å². The Labute approximate surface area is 89.8 Å². The standard InChI is InChI=1S/C13H14N2/c1-9(2)11-7-10-5-3-4-6-12(10)15-13(14)8-11/h3-7H,1,8H2,2H3,(H2,14,15). The summed E-state index contributed by atoms with van der Waals surface area (Å²) < 4.78 is 0. The predicted octanol–water partition coefficient (Wildman–Crippen LogP) is 3.04. The van der Waals surface area contributed by atoms with Crippen molar-refractivity contribution in [3.8, 4) is 0 Å². The van der Waals surface area contributed by atoms with Crippen LogP contribution in [0.2, 0.25) is 0 Å². The zero-order chi connectivity index (χ0) is 10.8. The highest BCUT2D eigenvalue weighted by Crippen LogP contribution is 2.27. The quantitative estimate of drug-likeness (QED) is 0.740. The first-order valence-corrected chi connectivity index (χ1v) is 4.95. The number of para-hydroxylation sites is 1. The van der Waals surface area contributed by atoms with Gasteiger partial charge in [0.1, 0.15) is 5.84 Å². The molecule has 1 aromatic rings. The first-order chi connectivity index (χ1) is 7.16. The molecule has 76 valence electrons. The molecule has 0 saturated carbocycles. The topological polar surface area (TPSA) is 38.4 Å². The van der Waals surface area contributed by atoms with Gasteiger partial charge in [0.05, 0.1) is 5.69 Å². The van der Waals surface area contributed by atoms with Crippen LogP contribution in [-0.4, -0.2) is 5.84 Å². The minimum Gasteiger partial charge on any atom is -0.387 e. The monoisotopic (exact) mass is 198 g/mol. The number of benzene rings is 1.